The Balaban J connectivity index is 1.54. The highest BCUT2D eigenvalue weighted by Gasteiger charge is 2.15. The molecule has 32 heavy (non-hydrogen) atoms. The van der Waals surface area contributed by atoms with Crippen molar-refractivity contribution in [2.24, 2.45) is 0 Å². The summed E-state index contributed by atoms with van der Waals surface area (Å²) in [5, 5.41) is 9.14. The fraction of sp³-hybridized carbons (Fsp3) is 0.273. The number of carbonyl (C=O) groups excluding carboxylic acids is 2. The number of rotatable bonds is 9. The van der Waals surface area contributed by atoms with Crippen LogP contribution in [0.15, 0.2) is 53.7 Å². The Morgan fingerprint density at radius 2 is 1.69 bits per heavy atom. The minimum absolute atomic E-state index is 0.0746. The number of carbonyl (C=O) groups is 2. The molecule has 168 valence electrons. The predicted octanol–water partition coefficient (Wildman–Crippen LogP) is 2.46. The third-order valence-corrected chi connectivity index (χ3v) is 5.54. The molecule has 10 heteroatoms. The lowest BCUT2D eigenvalue weighted by Gasteiger charge is -2.10. The van der Waals surface area contributed by atoms with Crippen LogP contribution in [0.5, 0.6) is 11.5 Å². The van der Waals surface area contributed by atoms with Crippen molar-refractivity contribution >= 4 is 23.6 Å². The Kier molecular flexibility index (Phi) is 8.09. The molecule has 2 amide bonds. The van der Waals surface area contributed by atoms with Gasteiger partial charge in [-0.3, -0.25) is 20.4 Å². The topological polar surface area (TPSA) is 107 Å². The van der Waals surface area contributed by atoms with Crippen molar-refractivity contribution in [2.75, 3.05) is 20.0 Å². The van der Waals surface area contributed by atoms with Crippen molar-refractivity contribution < 1.29 is 19.1 Å². The molecule has 0 aliphatic carbocycles. The fourth-order valence-electron chi connectivity index (χ4n) is 2.96. The number of methoxy groups -OCH3 is 2. The highest BCUT2D eigenvalue weighted by molar-refractivity contribution is 7.99. The number of aromatic nitrogens is 3. The second-order valence-corrected chi connectivity index (χ2v) is 7.64. The van der Waals surface area contributed by atoms with Gasteiger partial charge in [0, 0.05) is 24.6 Å². The average molecular weight is 456 g/mol. The monoisotopic (exact) mass is 455 g/mol. The number of thioether (sulfide) groups is 1. The van der Waals surface area contributed by atoms with Crippen molar-refractivity contribution in [1.82, 2.24) is 25.6 Å². The molecule has 1 heterocycles. The van der Waals surface area contributed by atoms with E-state index in [4.69, 9.17) is 9.47 Å². The summed E-state index contributed by atoms with van der Waals surface area (Å²) < 4.78 is 12.3. The summed E-state index contributed by atoms with van der Waals surface area (Å²) in [5.41, 5.74) is 6.25. The van der Waals surface area contributed by atoms with Gasteiger partial charge < -0.3 is 14.0 Å². The SMILES string of the molecule is CCn1c(Cc2ccccc2)nnc1SCC(=O)NNC(=O)c1cc(OC)cc(OC)c1. The van der Waals surface area contributed by atoms with E-state index in [9.17, 15) is 9.59 Å². The maximum absolute atomic E-state index is 12.4. The van der Waals surface area contributed by atoms with Crippen molar-refractivity contribution in [3.8, 4) is 11.5 Å². The van der Waals surface area contributed by atoms with E-state index in [1.807, 2.05) is 41.8 Å². The van der Waals surface area contributed by atoms with Gasteiger partial charge in [0.05, 0.1) is 20.0 Å². The second kappa shape index (κ2) is 11.2. The number of nitrogens with zero attached hydrogens (tertiary/aromatic N) is 3. The molecule has 3 aromatic rings. The van der Waals surface area contributed by atoms with Crippen LogP contribution in [0.3, 0.4) is 0 Å². The second-order valence-electron chi connectivity index (χ2n) is 6.70. The summed E-state index contributed by atoms with van der Waals surface area (Å²) >= 11 is 1.26. The van der Waals surface area contributed by atoms with E-state index in [2.05, 4.69) is 21.0 Å². The number of amides is 2. The van der Waals surface area contributed by atoms with Crippen molar-refractivity contribution in [2.45, 2.75) is 25.0 Å². The molecule has 3 rings (SSSR count). The van der Waals surface area contributed by atoms with Gasteiger partial charge in [-0.2, -0.15) is 0 Å². The minimum Gasteiger partial charge on any atom is -0.497 e. The first-order valence-electron chi connectivity index (χ1n) is 9.95. The third kappa shape index (κ3) is 6.01. The van der Waals surface area contributed by atoms with Gasteiger partial charge in [0.25, 0.3) is 5.91 Å². The fourth-order valence-corrected chi connectivity index (χ4v) is 3.78. The highest BCUT2D eigenvalue weighted by Crippen LogP contribution is 2.22. The van der Waals surface area contributed by atoms with E-state index in [0.717, 1.165) is 11.4 Å². The molecular weight excluding hydrogens is 430 g/mol. The lowest BCUT2D eigenvalue weighted by Crippen LogP contribution is -2.42. The Morgan fingerprint density at radius 1 is 1.00 bits per heavy atom. The molecule has 9 nitrogen and oxygen atoms in total. The summed E-state index contributed by atoms with van der Waals surface area (Å²) in [5.74, 6) is 1.01. The van der Waals surface area contributed by atoms with Gasteiger partial charge in [-0.25, -0.2) is 0 Å². The summed E-state index contributed by atoms with van der Waals surface area (Å²) in [6, 6.07) is 14.8. The quantitative estimate of drug-likeness (QED) is 0.377. The van der Waals surface area contributed by atoms with Crippen LogP contribution in [0.1, 0.15) is 28.7 Å². The van der Waals surface area contributed by atoms with Crippen LogP contribution in [0.25, 0.3) is 0 Å². The van der Waals surface area contributed by atoms with E-state index in [-0.39, 0.29) is 11.7 Å². The summed E-state index contributed by atoms with van der Waals surface area (Å²) in [7, 11) is 2.99. The summed E-state index contributed by atoms with van der Waals surface area (Å²) in [6.07, 6.45) is 0.661. The van der Waals surface area contributed by atoms with Crippen LogP contribution in [-0.4, -0.2) is 46.6 Å². The number of benzene rings is 2. The van der Waals surface area contributed by atoms with Crippen LogP contribution in [-0.2, 0) is 17.8 Å². The molecule has 1 aromatic heterocycles. The van der Waals surface area contributed by atoms with E-state index < -0.39 is 5.91 Å². The number of hydrogen-bond acceptors (Lipinski definition) is 7. The molecule has 0 unspecified atom stereocenters. The molecule has 0 atom stereocenters. The predicted molar refractivity (Wildman–Crippen MR) is 121 cm³/mol. The van der Waals surface area contributed by atoms with Gasteiger partial charge in [-0.1, -0.05) is 42.1 Å². The zero-order chi connectivity index (χ0) is 22.9. The summed E-state index contributed by atoms with van der Waals surface area (Å²) in [6.45, 7) is 2.69. The maximum atomic E-state index is 12.4. The molecule has 0 radical (unpaired) electrons. The Labute approximate surface area is 190 Å². The molecule has 0 aliphatic rings. The average Bonchev–Trinajstić information content (AvgIpc) is 3.22. The van der Waals surface area contributed by atoms with E-state index in [0.29, 0.717) is 35.2 Å². The van der Waals surface area contributed by atoms with Crippen LogP contribution in [0, 0.1) is 0 Å². The molecule has 0 aliphatic heterocycles. The van der Waals surface area contributed by atoms with Gasteiger partial charge in [0.2, 0.25) is 5.91 Å². The van der Waals surface area contributed by atoms with Crippen molar-refractivity contribution in [1.29, 1.82) is 0 Å². The van der Waals surface area contributed by atoms with Crippen LogP contribution in [0.4, 0.5) is 0 Å². The summed E-state index contributed by atoms with van der Waals surface area (Å²) in [4.78, 5) is 24.6. The molecule has 0 spiro atoms. The molecular formula is C22H25N5O4S. The minimum atomic E-state index is -0.484. The molecule has 0 saturated carbocycles. The van der Waals surface area contributed by atoms with Gasteiger partial charge in [-0.15, -0.1) is 10.2 Å². The Bertz CT molecular complexity index is 1050. The first-order chi connectivity index (χ1) is 15.5. The molecule has 0 bridgehead atoms. The van der Waals surface area contributed by atoms with Crippen LogP contribution >= 0.6 is 11.8 Å². The van der Waals surface area contributed by atoms with E-state index in [1.165, 1.54) is 26.0 Å². The van der Waals surface area contributed by atoms with Gasteiger partial charge in [0.15, 0.2) is 5.16 Å². The normalized spacial score (nSPS) is 10.5. The van der Waals surface area contributed by atoms with Gasteiger partial charge in [0.1, 0.15) is 17.3 Å². The molecule has 2 N–H and O–H groups in total. The Hall–Kier alpha value is -3.53. The standard InChI is InChI=1S/C22H25N5O4S/c1-4-27-19(10-15-8-6-5-7-9-15)23-26-22(27)32-14-20(28)24-25-21(29)16-11-17(30-2)13-18(12-16)31-3/h5-9,11-13H,4,10,14H2,1-3H3,(H,24,28)(H,25,29). The molecule has 0 saturated heterocycles. The van der Waals surface area contributed by atoms with Crippen LogP contribution < -0.4 is 20.3 Å². The third-order valence-electron chi connectivity index (χ3n) is 4.58. The number of hydrogen-bond donors (Lipinski definition) is 2. The maximum Gasteiger partial charge on any atom is 0.269 e. The Morgan fingerprint density at radius 3 is 2.31 bits per heavy atom. The zero-order valence-electron chi connectivity index (χ0n) is 18.1. The number of hydrazine groups is 1. The van der Waals surface area contributed by atoms with E-state index in [1.54, 1.807) is 18.2 Å². The lowest BCUT2D eigenvalue weighted by molar-refractivity contribution is -0.119. The lowest BCUT2D eigenvalue weighted by atomic mass is 10.1. The van der Waals surface area contributed by atoms with Gasteiger partial charge >= 0.3 is 0 Å². The number of nitrogens with one attached hydrogen (secondary N) is 2. The zero-order valence-corrected chi connectivity index (χ0v) is 18.9. The first kappa shape index (κ1) is 23.1. The molecule has 2 aromatic carbocycles. The van der Waals surface area contributed by atoms with Crippen molar-refractivity contribution in [3.63, 3.8) is 0 Å². The largest absolute Gasteiger partial charge is 0.497 e. The van der Waals surface area contributed by atoms with Gasteiger partial charge in [-0.05, 0) is 24.6 Å². The highest BCUT2D eigenvalue weighted by atomic mass is 32.2. The smallest absolute Gasteiger partial charge is 0.269 e. The van der Waals surface area contributed by atoms with Crippen LogP contribution in [0.2, 0.25) is 0 Å². The van der Waals surface area contributed by atoms with Crippen molar-refractivity contribution in [3.05, 3.63) is 65.5 Å². The number of ether oxygens (including phenoxy) is 2. The first-order valence-corrected chi connectivity index (χ1v) is 10.9. The molecule has 0 fully saturated rings. The van der Waals surface area contributed by atoms with E-state index >= 15 is 0 Å².